The third kappa shape index (κ3) is 3.95. The van der Waals surface area contributed by atoms with Crippen LogP contribution in [0.5, 0.6) is 11.5 Å². The van der Waals surface area contributed by atoms with E-state index in [1.54, 1.807) is 23.1 Å². The van der Waals surface area contributed by atoms with Gasteiger partial charge in [0.15, 0.2) is 11.5 Å². The van der Waals surface area contributed by atoms with E-state index in [0.29, 0.717) is 49.7 Å². The fourth-order valence-corrected chi connectivity index (χ4v) is 4.30. The number of hydrogen-bond acceptors (Lipinski definition) is 4. The SMILES string of the molecule is O=C(CCCc1c[nH]c2ccccc12)N1CCN(C(=O)c2ccc3c(c2)OCO3)CC1. The van der Waals surface area contributed by atoms with Gasteiger partial charge < -0.3 is 24.3 Å². The Labute approximate surface area is 180 Å². The standard InChI is InChI=1S/C24H25N3O4/c28-23(7-3-4-18-15-25-20-6-2-1-5-19(18)20)26-10-12-27(13-11-26)24(29)17-8-9-21-22(14-17)31-16-30-21/h1-2,5-6,8-9,14-15,25H,3-4,7,10-13,16H2. The molecule has 1 saturated heterocycles. The van der Waals surface area contributed by atoms with Gasteiger partial charge in [-0.15, -0.1) is 0 Å². The molecule has 0 spiro atoms. The van der Waals surface area contributed by atoms with Crippen molar-refractivity contribution in [3.05, 3.63) is 59.8 Å². The zero-order chi connectivity index (χ0) is 21.2. The molecule has 0 atom stereocenters. The number of H-pyrrole nitrogens is 1. The summed E-state index contributed by atoms with van der Waals surface area (Å²) in [6.07, 6.45) is 4.25. The van der Waals surface area contributed by atoms with Crippen LogP contribution < -0.4 is 9.47 Å². The van der Waals surface area contributed by atoms with Gasteiger partial charge in [-0.25, -0.2) is 0 Å². The minimum absolute atomic E-state index is 0.0373. The van der Waals surface area contributed by atoms with Crippen molar-refractivity contribution in [3.8, 4) is 11.5 Å². The monoisotopic (exact) mass is 419 g/mol. The molecule has 0 radical (unpaired) electrons. The number of piperazine rings is 1. The molecule has 7 heteroatoms. The molecular weight excluding hydrogens is 394 g/mol. The topological polar surface area (TPSA) is 74.9 Å². The fraction of sp³-hybridized carbons (Fsp3) is 0.333. The number of aromatic amines is 1. The number of fused-ring (bicyclic) bond motifs is 2. The molecule has 3 heterocycles. The summed E-state index contributed by atoms with van der Waals surface area (Å²) in [6, 6.07) is 13.5. The van der Waals surface area contributed by atoms with Crippen molar-refractivity contribution in [2.24, 2.45) is 0 Å². The number of ether oxygens (including phenoxy) is 2. The van der Waals surface area contributed by atoms with E-state index in [4.69, 9.17) is 9.47 Å². The number of carbonyl (C=O) groups excluding carboxylic acids is 2. The first-order valence-corrected chi connectivity index (χ1v) is 10.7. The highest BCUT2D eigenvalue weighted by molar-refractivity contribution is 5.95. The highest BCUT2D eigenvalue weighted by atomic mass is 16.7. The van der Waals surface area contributed by atoms with Crippen LogP contribution >= 0.6 is 0 Å². The number of nitrogens with one attached hydrogen (secondary N) is 1. The quantitative estimate of drug-likeness (QED) is 0.689. The van der Waals surface area contributed by atoms with Crippen molar-refractivity contribution in [1.29, 1.82) is 0 Å². The molecule has 1 N–H and O–H groups in total. The first-order valence-electron chi connectivity index (χ1n) is 10.7. The maximum atomic E-state index is 12.8. The van der Waals surface area contributed by atoms with Crippen molar-refractivity contribution < 1.29 is 19.1 Å². The normalized spacial score (nSPS) is 15.5. The average Bonchev–Trinajstić information content (AvgIpc) is 3.45. The molecule has 31 heavy (non-hydrogen) atoms. The Balaban J connectivity index is 1.11. The van der Waals surface area contributed by atoms with Gasteiger partial charge in [0, 0.05) is 55.3 Å². The van der Waals surface area contributed by atoms with Gasteiger partial charge >= 0.3 is 0 Å². The fourth-order valence-electron chi connectivity index (χ4n) is 4.30. The van der Waals surface area contributed by atoms with Gasteiger partial charge in [0.1, 0.15) is 0 Å². The van der Waals surface area contributed by atoms with E-state index in [1.165, 1.54) is 10.9 Å². The molecule has 0 bridgehead atoms. The zero-order valence-corrected chi connectivity index (χ0v) is 17.3. The lowest BCUT2D eigenvalue weighted by Gasteiger charge is -2.35. The summed E-state index contributed by atoms with van der Waals surface area (Å²) in [6.45, 7) is 2.42. The van der Waals surface area contributed by atoms with Crippen molar-refractivity contribution in [2.75, 3.05) is 33.0 Å². The number of rotatable bonds is 5. The minimum atomic E-state index is -0.0373. The Morgan fingerprint density at radius 3 is 2.58 bits per heavy atom. The van der Waals surface area contributed by atoms with Gasteiger partial charge in [-0.1, -0.05) is 18.2 Å². The highest BCUT2D eigenvalue weighted by Gasteiger charge is 2.26. The summed E-state index contributed by atoms with van der Waals surface area (Å²) < 4.78 is 10.7. The Hall–Kier alpha value is -3.48. The third-order valence-electron chi connectivity index (χ3n) is 6.05. The van der Waals surface area contributed by atoms with Gasteiger partial charge in [0.25, 0.3) is 5.91 Å². The first kappa shape index (κ1) is 19.5. The molecule has 2 aliphatic rings. The Kier molecular flexibility index (Phi) is 5.24. The Morgan fingerprint density at radius 1 is 0.935 bits per heavy atom. The smallest absolute Gasteiger partial charge is 0.254 e. The number of carbonyl (C=O) groups is 2. The van der Waals surface area contributed by atoms with Crippen LogP contribution in [0.2, 0.25) is 0 Å². The molecule has 2 aliphatic heterocycles. The third-order valence-corrected chi connectivity index (χ3v) is 6.05. The maximum absolute atomic E-state index is 12.8. The Bertz CT molecular complexity index is 1110. The summed E-state index contributed by atoms with van der Waals surface area (Å²) in [5.74, 6) is 1.40. The number of aromatic nitrogens is 1. The number of amides is 2. The lowest BCUT2D eigenvalue weighted by Crippen LogP contribution is -2.50. The summed E-state index contributed by atoms with van der Waals surface area (Å²) in [5.41, 5.74) is 2.97. The van der Waals surface area contributed by atoms with E-state index in [0.717, 1.165) is 18.4 Å². The zero-order valence-electron chi connectivity index (χ0n) is 17.3. The summed E-state index contributed by atoms with van der Waals surface area (Å²) in [5, 5.41) is 1.23. The Morgan fingerprint density at radius 2 is 1.71 bits per heavy atom. The van der Waals surface area contributed by atoms with Crippen LogP contribution in [0, 0.1) is 0 Å². The van der Waals surface area contributed by atoms with E-state index in [1.807, 2.05) is 23.2 Å². The maximum Gasteiger partial charge on any atom is 0.254 e. The van der Waals surface area contributed by atoms with Crippen LogP contribution in [-0.2, 0) is 11.2 Å². The van der Waals surface area contributed by atoms with E-state index >= 15 is 0 Å². The van der Waals surface area contributed by atoms with Gasteiger partial charge in [-0.3, -0.25) is 9.59 Å². The van der Waals surface area contributed by atoms with Crippen molar-refractivity contribution in [1.82, 2.24) is 14.8 Å². The molecule has 0 aliphatic carbocycles. The van der Waals surface area contributed by atoms with Crippen molar-refractivity contribution >= 4 is 22.7 Å². The van der Waals surface area contributed by atoms with Gasteiger partial charge in [-0.05, 0) is 42.7 Å². The van der Waals surface area contributed by atoms with Crippen molar-refractivity contribution in [2.45, 2.75) is 19.3 Å². The molecule has 2 amide bonds. The van der Waals surface area contributed by atoms with Gasteiger partial charge in [-0.2, -0.15) is 0 Å². The second kappa shape index (κ2) is 8.34. The van der Waals surface area contributed by atoms with E-state index in [-0.39, 0.29) is 18.6 Å². The van der Waals surface area contributed by atoms with Crippen LogP contribution in [0.1, 0.15) is 28.8 Å². The molecule has 0 unspecified atom stereocenters. The predicted octanol–water partition coefficient (Wildman–Crippen LogP) is 3.20. The summed E-state index contributed by atoms with van der Waals surface area (Å²) >= 11 is 0. The van der Waals surface area contributed by atoms with Crippen LogP contribution in [0.25, 0.3) is 10.9 Å². The highest BCUT2D eigenvalue weighted by Crippen LogP contribution is 2.33. The molecule has 1 fully saturated rings. The van der Waals surface area contributed by atoms with E-state index in [9.17, 15) is 9.59 Å². The van der Waals surface area contributed by atoms with E-state index < -0.39 is 0 Å². The second-order valence-corrected chi connectivity index (χ2v) is 7.95. The lowest BCUT2D eigenvalue weighted by atomic mass is 10.1. The van der Waals surface area contributed by atoms with Gasteiger partial charge in [0.05, 0.1) is 0 Å². The van der Waals surface area contributed by atoms with Gasteiger partial charge in [0.2, 0.25) is 12.7 Å². The molecule has 0 saturated carbocycles. The summed E-state index contributed by atoms with van der Waals surface area (Å²) in [7, 11) is 0. The number of hydrogen-bond donors (Lipinski definition) is 1. The molecule has 1 aromatic heterocycles. The predicted molar refractivity (Wildman–Crippen MR) is 116 cm³/mol. The van der Waals surface area contributed by atoms with Crippen LogP contribution in [0.4, 0.5) is 0 Å². The molecule has 7 nitrogen and oxygen atoms in total. The lowest BCUT2D eigenvalue weighted by molar-refractivity contribution is -0.132. The molecule has 160 valence electrons. The molecule has 5 rings (SSSR count). The van der Waals surface area contributed by atoms with Crippen LogP contribution in [0.15, 0.2) is 48.7 Å². The van der Waals surface area contributed by atoms with E-state index in [2.05, 4.69) is 17.1 Å². The van der Waals surface area contributed by atoms with Crippen LogP contribution in [-0.4, -0.2) is 59.6 Å². The molecular formula is C24H25N3O4. The molecule has 3 aromatic rings. The first-order chi connectivity index (χ1) is 15.2. The molecule has 2 aromatic carbocycles. The number of benzene rings is 2. The largest absolute Gasteiger partial charge is 0.454 e. The number of aryl methyl sites for hydroxylation is 1. The van der Waals surface area contributed by atoms with Crippen LogP contribution in [0.3, 0.4) is 0 Å². The van der Waals surface area contributed by atoms with Crippen molar-refractivity contribution in [3.63, 3.8) is 0 Å². The number of nitrogens with zero attached hydrogens (tertiary/aromatic N) is 2. The minimum Gasteiger partial charge on any atom is -0.454 e. The second-order valence-electron chi connectivity index (χ2n) is 7.95. The summed E-state index contributed by atoms with van der Waals surface area (Å²) in [4.78, 5) is 32.4. The number of para-hydroxylation sites is 1. The average molecular weight is 419 g/mol.